The molecule has 4 saturated heterocycles. The van der Waals surface area contributed by atoms with Crippen molar-refractivity contribution < 1.29 is 13.5 Å². The Morgan fingerprint density at radius 1 is 1.15 bits per heavy atom. The molecule has 4 aliphatic rings. The number of fused-ring (bicyclic) bond motifs is 5. The summed E-state index contributed by atoms with van der Waals surface area (Å²) in [6, 6.07) is 2.69. The summed E-state index contributed by atoms with van der Waals surface area (Å²) in [6.45, 7) is 4.94. The predicted octanol–water partition coefficient (Wildman–Crippen LogP) is 4.56. The summed E-state index contributed by atoms with van der Waals surface area (Å²) in [4.78, 5) is 18.4. The number of anilines is 1. The molecule has 0 saturated carbocycles. The van der Waals surface area contributed by atoms with Crippen molar-refractivity contribution in [3.63, 3.8) is 0 Å². The molecular weight excluding hydrogens is 550 g/mol. The number of piperazine rings is 1. The second-order valence-corrected chi connectivity index (χ2v) is 12.5. The van der Waals surface area contributed by atoms with Crippen molar-refractivity contribution in [1.29, 1.82) is 0 Å². The van der Waals surface area contributed by atoms with Crippen LogP contribution >= 0.6 is 11.6 Å². The molecule has 41 heavy (non-hydrogen) atoms. The van der Waals surface area contributed by atoms with Crippen LogP contribution in [0.3, 0.4) is 0 Å². The lowest BCUT2D eigenvalue weighted by molar-refractivity contribution is 0.107. The maximum atomic E-state index is 16.6. The summed E-state index contributed by atoms with van der Waals surface area (Å²) in [5, 5.41) is 12.3. The van der Waals surface area contributed by atoms with Crippen LogP contribution in [0.4, 0.5) is 14.6 Å². The van der Waals surface area contributed by atoms with Gasteiger partial charge in [0.2, 0.25) is 0 Å². The summed E-state index contributed by atoms with van der Waals surface area (Å²) < 4.78 is 37.3. The number of nitrogens with zero attached hydrogens (tertiary/aromatic N) is 6. The van der Waals surface area contributed by atoms with Gasteiger partial charge in [-0.2, -0.15) is 15.1 Å². The first-order valence-electron chi connectivity index (χ1n) is 14.4. The van der Waals surface area contributed by atoms with E-state index in [1.54, 1.807) is 12.4 Å². The van der Waals surface area contributed by atoms with Crippen molar-refractivity contribution in [3.8, 4) is 17.3 Å². The van der Waals surface area contributed by atoms with E-state index in [4.69, 9.17) is 21.3 Å². The molecule has 4 aliphatic heterocycles. The highest BCUT2D eigenvalue weighted by Gasteiger charge is 2.49. The van der Waals surface area contributed by atoms with Gasteiger partial charge >= 0.3 is 6.01 Å². The zero-order chi connectivity index (χ0) is 27.9. The maximum Gasteiger partial charge on any atom is 0.319 e. The molecule has 9 nitrogen and oxygen atoms in total. The number of ether oxygens (including phenoxy) is 1. The molecule has 2 N–H and O–H groups in total. The van der Waals surface area contributed by atoms with Crippen LogP contribution in [0.15, 0.2) is 18.5 Å². The average Bonchev–Trinajstić information content (AvgIpc) is 3.72. The van der Waals surface area contributed by atoms with E-state index in [1.165, 1.54) is 0 Å². The highest BCUT2D eigenvalue weighted by molar-refractivity contribution is 6.35. The standard InChI is InChI=1S/C29H31ClF2N8O/c1-15-7-21-19(10-34-38-21)22(23(15)30)26-24(32)25-20(9-33-26)27(39-12-17-3-4-18(13-39)35-17)37-28(36-25)41-14-29-5-2-6-40(29)11-16(31)8-29/h7,9-10,16-18,35H,2-6,8,11-14H2,1H3,(H,34,38)/t16?,17-,18+,29?. The van der Waals surface area contributed by atoms with Gasteiger partial charge in [-0.15, -0.1) is 0 Å². The third kappa shape index (κ3) is 4.07. The minimum atomic E-state index is -0.867. The Kier molecular flexibility index (Phi) is 5.88. The van der Waals surface area contributed by atoms with Crippen molar-refractivity contribution in [2.24, 2.45) is 0 Å². The van der Waals surface area contributed by atoms with Gasteiger partial charge in [0, 0.05) is 55.3 Å². The lowest BCUT2D eigenvalue weighted by atomic mass is 9.95. The van der Waals surface area contributed by atoms with E-state index in [0.29, 0.717) is 52.2 Å². The highest BCUT2D eigenvalue weighted by Crippen LogP contribution is 2.42. The molecule has 4 aromatic rings. The van der Waals surface area contributed by atoms with Crippen LogP contribution in [0.25, 0.3) is 33.1 Å². The minimum Gasteiger partial charge on any atom is -0.461 e. The highest BCUT2D eigenvalue weighted by atomic mass is 35.5. The molecule has 3 aromatic heterocycles. The zero-order valence-electron chi connectivity index (χ0n) is 22.8. The smallest absolute Gasteiger partial charge is 0.319 e. The monoisotopic (exact) mass is 580 g/mol. The topological polar surface area (TPSA) is 95.1 Å². The van der Waals surface area contributed by atoms with E-state index in [9.17, 15) is 4.39 Å². The number of alkyl halides is 1. The van der Waals surface area contributed by atoms with Gasteiger partial charge in [-0.1, -0.05) is 11.6 Å². The van der Waals surface area contributed by atoms with E-state index in [-0.39, 0.29) is 29.4 Å². The van der Waals surface area contributed by atoms with Gasteiger partial charge in [-0.25, -0.2) is 8.78 Å². The summed E-state index contributed by atoms with van der Waals surface area (Å²) in [6.07, 6.45) is 6.90. The lowest BCUT2D eigenvalue weighted by Gasteiger charge is -2.34. The molecule has 12 heteroatoms. The predicted molar refractivity (Wildman–Crippen MR) is 153 cm³/mol. The fraction of sp³-hybridized carbons (Fsp3) is 0.517. The van der Waals surface area contributed by atoms with Crippen LogP contribution < -0.4 is 15.0 Å². The Morgan fingerprint density at radius 2 is 1.98 bits per heavy atom. The van der Waals surface area contributed by atoms with Crippen LogP contribution in [0.2, 0.25) is 5.02 Å². The number of aromatic nitrogens is 5. The first kappa shape index (κ1) is 25.6. The number of hydrogen-bond donors (Lipinski definition) is 2. The molecule has 4 fully saturated rings. The normalized spacial score (nSPS) is 27.8. The summed E-state index contributed by atoms with van der Waals surface area (Å²) in [7, 11) is 0. The number of H-pyrrole nitrogens is 1. The Hall–Kier alpha value is -3.15. The molecule has 2 unspecified atom stereocenters. The fourth-order valence-electron chi connectivity index (χ4n) is 7.55. The second kappa shape index (κ2) is 9.43. The third-order valence-electron chi connectivity index (χ3n) is 9.49. The molecular formula is C29H31ClF2N8O. The number of aromatic amines is 1. The summed E-state index contributed by atoms with van der Waals surface area (Å²) in [5.74, 6) is 0.0233. The molecule has 4 atom stereocenters. The van der Waals surface area contributed by atoms with Crippen molar-refractivity contribution >= 4 is 39.2 Å². The number of hydrogen-bond acceptors (Lipinski definition) is 8. The molecule has 0 spiro atoms. The average molecular weight is 581 g/mol. The first-order valence-corrected chi connectivity index (χ1v) is 14.8. The zero-order valence-corrected chi connectivity index (χ0v) is 23.5. The molecule has 0 aliphatic carbocycles. The Balaban J connectivity index is 1.25. The van der Waals surface area contributed by atoms with Gasteiger partial charge < -0.3 is 15.0 Å². The van der Waals surface area contributed by atoms with Gasteiger partial charge in [-0.3, -0.25) is 15.0 Å². The van der Waals surface area contributed by atoms with Gasteiger partial charge in [0.1, 0.15) is 29.8 Å². The Bertz CT molecular complexity index is 1670. The van der Waals surface area contributed by atoms with E-state index in [1.807, 2.05) is 13.0 Å². The van der Waals surface area contributed by atoms with Crippen molar-refractivity contribution in [3.05, 3.63) is 34.9 Å². The molecule has 7 heterocycles. The van der Waals surface area contributed by atoms with E-state index < -0.39 is 12.0 Å². The molecule has 2 bridgehead atoms. The van der Waals surface area contributed by atoms with Crippen LogP contribution in [0, 0.1) is 12.7 Å². The van der Waals surface area contributed by atoms with E-state index in [0.717, 1.165) is 56.4 Å². The minimum absolute atomic E-state index is 0.0989. The number of benzene rings is 1. The van der Waals surface area contributed by atoms with Gasteiger partial charge in [0.25, 0.3) is 0 Å². The molecule has 0 radical (unpaired) electrons. The molecule has 0 amide bonds. The van der Waals surface area contributed by atoms with Gasteiger partial charge in [0.05, 0.1) is 27.7 Å². The number of halogens is 3. The quantitative estimate of drug-likeness (QED) is 0.355. The fourth-order valence-corrected chi connectivity index (χ4v) is 7.80. The molecule has 214 valence electrons. The summed E-state index contributed by atoms with van der Waals surface area (Å²) >= 11 is 6.74. The summed E-state index contributed by atoms with van der Waals surface area (Å²) in [5.41, 5.74) is 1.87. The largest absolute Gasteiger partial charge is 0.461 e. The van der Waals surface area contributed by atoms with Crippen molar-refractivity contribution in [2.45, 2.75) is 62.8 Å². The third-order valence-corrected chi connectivity index (χ3v) is 9.98. The van der Waals surface area contributed by atoms with E-state index in [2.05, 4.69) is 35.3 Å². The number of aryl methyl sites for hydroxylation is 1. The Morgan fingerprint density at radius 3 is 2.80 bits per heavy atom. The maximum absolute atomic E-state index is 16.6. The second-order valence-electron chi connectivity index (χ2n) is 12.1. The van der Waals surface area contributed by atoms with Gasteiger partial charge in [-0.05, 0) is 50.8 Å². The van der Waals surface area contributed by atoms with Gasteiger partial charge in [0.15, 0.2) is 5.82 Å². The molecule has 1 aromatic carbocycles. The van der Waals surface area contributed by atoms with Crippen LogP contribution in [0.5, 0.6) is 6.01 Å². The lowest BCUT2D eigenvalue weighted by Crippen LogP contribution is -2.51. The SMILES string of the molecule is Cc1cc2[nH]ncc2c(-c2ncc3c(N4C[C@H]5CC[C@@H](C4)N5)nc(OCC45CCCN4CC(F)C5)nc3c2F)c1Cl. The van der Waals surface area contributed by atoms with Crippen LogP contribution in [-0.4, -0.2) is 86.6 Å². The van der Waals surface area contributed by atoms with Crippen molar-refractivity contribution in [2.75, 3.05) is 37.7 Å². The van der Waals surface area contributed by atoms with Crippen LogP contribution in [-0.2, 0) is 0 Å². The number of rotatable bonds is 5. The van der Waals surface area contributed by atoms with E-state index >= 15 is 4.39 Å². The number of pyridine rings is 1. The van der Waals surface area contributed by atoms with Crippen molar-refractivity contribution in [1.82, 2.24) is 35.4 Å². The first-order chi connectivity index (χ1) is 19.9. The molecule has 8 rings (SSSR count). The number of nitrogens with one attached hydrogen (secondary N) is 2. The van der Waals surface area contributed by atoms with Crippen LogP contribution in [0.1, 0.15) is 37.7 Å². The Labute approximate surface area is 240 Å².